The molecule has 1 saturated heterocycles. The Kier molecular flexibility index (Phi) is 8.69. The molecular weight excluding hydrogens is 503 g/mol. The number of aliphatic imine (C=N–C) groups is 1. The Morgan fingerprint density at radius 1 is 1.16 bits per heavy atom. The molecule has 164 valence electrons. The average molecular weight is 532 g/mol. The lowest BCUT2D eigenvalue weighted by molar-refractivity contribution is 0.129. The van der Waals surface area contributed by atoms with Crippen LogP contribution in [0, 0.1) is 0 Å². The number of hydrogen-bond acceptors (Lipinski definition) is 4. The number of pyridine rings is 1. The first-order valence-electron chi connectivity index (χ1n) is 10.5. The molecule has 0 spiro atoms. The second kappa shape index (κ2) is 11.7. The molecule has 1 aliphatic heterocycles. The summed E-state index contributed by atoms with van der Waals surface area (Å²) in [5.41, 5.74) is 1.08. The molecule has 0 radical (unpaired) electrons. The fraction of sp³-hybridized carbons (Fsp3) is 0.348. The zero-order chi connectivity index (χ0) is 20.6. The third-order valence-corrected chi connectivity index (χ3v) is 5.11. The molecular formula is C23H29IN6O. The molecule has 0 amide bonds. The number of nitrogens with zero attached hydrogens (tertiary/aromatic N) is 5. The quantitative estimate of drug-likeness (QED) is 0.297. The number of piperidine rings is 1. The third kappa shape index (κ3) is 6.43. The summed E-state index contributed by atoms with van der Waals surface area (Å²) in [6, 6.07) is 14.1. The molecule has 31 heavy (non-hydrogen) atoms. The minimum absolute atomic E-state index is 0. The van der Waals surface area contributed by atoms with Gasteiger partial charge in [0.1, 0.15) is 24.0 Å². The summed E-state index contributed by atoms with van der Waals surface area (Å²) in [7, 11) is 0. The molecule has 7 nitrogen and oxygen atoms in total. The van der Waals surface area contributed by atoms with E-state index in [0.717, 1.165) is 55.6 Å². The van der Waals surface area contributed by atoms with Crippen LogP contribution >= 0.6 is 24.0 Å². The van der Waals surface area contributed by atoms with Gasteiger partial charge in [-0.05, 0) is 30.7 Å². The van der Waals surface area contributed by atoms with Crippen molar-refractivity contribution < 1.29 is 4.74 Å². The second-order valence-corrected chi connectivity index (χ2v) is 7.28. The summed E-state index contributed by atoms with van der Waals surface area (Å²) in [5.74, 6) is 2.75. The Bertz CT molecular complexity index is 922. The minimum atomic E-state index is 0. The summed E-state index contributed by atoms with van der Waals surface area (Å²) in [4.78, 5) is 15.7. The van der Waals surface area contributed by atoms with Gasteiger partial charge in [0.15, 0.2) is 5.96 Å². The highest BCUT2D eigenvalue weighted by atomic mass is 127. The van der Waals surface area contributed by atoms with E-state index in [1.54, 1.807) is 12.5 Å². The summed E-state index contributed by atoms with van der Waals surface area (Å²) < 4.78 is 8.00. The monoisotopic (exact) mass is 532 g/mol. The van der Waals surface area contributed by atoms with Crippen molar-refractivity contribution in [1.82, 2.24) is 24.8 Å². The van der Waals surface area contributed by atoms with Crippen LogP contribution in [0.1, 0.15) is 25.3 Å². The Morgan fingerprint density at radius 2 is 1.97 bits per heavy atom. The predicted octanol–water partition coefficient (Wildman–Crippen LogP) is 3.89. The van der Waals surface area contributed by atoms with Gasteiger partial charge in [0.05, 0.1) is 6.54 Å². The summed E-state index contributed by atoms with van der Waals surface area (Å²) >= 11 is 0. The number of imidazole rings is 1. The Labute approximate surface area is 200 Å². The van der Waals surface area contributed by atoms with Crippen molar-refractivity contribution in [2.75, 3.05) is 19.6 Å². The SMILES string of the molecule is CCNC(=NCc1ccc(-n2ccnc2)nc1)N1CCC(Oc2ccccc2)CC1.I. The number of ether oxygens (including phenoxy) is 1. The average Bonchev–Trinajstić information content (AvgIpc) is 3.33. The first-order valence-corrected chi connectivity index (χ1v) is 10.5. The standard InChI is InChI=1S/C23H28N6O.HI/c1-2-25-23(27-17-19-8-9-22(26-16-19)29-15-12-24-18-29)28-13-10-21(11-14-28)30-20-6-4-3-5-7-20;/h3-9,12,15-16,18,21H,2,10-11,13-14,17H2,1H3,(H,25,27);1H. The molecule has 2 aromatic heterocycles. The van der Waals surface area contributed by atoms with Crippen molar-refractivity contribution in [1.29, 1.82) is 0 Å². The lowest BCUT2D eigenvalue weighted by Gasteiger charge is -2.34. The zero-order valence-electron chi connectivity index (χ0n) is 17.7. The van der Waals surface area contributed by atoms with Crippen LogP contribution in [-0.4, -0.2) is 51.1 Å². The maximum atomic E-state index is 6.11. The highest BCUT2D eigenvalue weighted by molar-refractivity contribution is 14.0. The maximum absolute atomic E-state index is 6.11. The fourth-order valence-corrected chi connectivity index (χ4v) is 3.53. The van der Waals surface area contributed by atoms with Gasteiger partial charge in [-0.25, -0.2) is 15.0 Å². The summed E-state index contributed by atoms with van der Waals surface area (Å²) in [5, 5.41) is 3.42. The van der Waals surface area contributed by atoms with Crippen LogP contribution in [0.5, 0.6) is 5.75 Å². The van der Waals surface area contributed by atoms with Gasteiger partial charge < -0.3 is 15.0 Å². The maximum Gasteiger partial charge on any atom is 0.194 e. The summed E-state index contributed by atoms with van der Waals surface area (Å²) in [6.07, 6.45) is 9.48. The lowest BCUT2D eigenvalue weighted by Crippen LogP contribution is -2.47. The van der Waals surface area contributed by atoms with Crippen molar-refractivity contribution in [2.24, 2.45) is 4.99 Å². The molecule has 3 aromatic rings. The van der Waals surface area contributed by atoms with E-state index in [-0.39, 0.29) is 30.1 Å². The lowest BCUT2D eigenvalue weighted by atomic mass is 10.1. The molecule has 0 saturated carbocycles. The normalized spacial score (nSPS) is 14.7. The molecule has 0 aliphatic carbocycles. The second-order valence-electron chi connectivity index (χ2n) is 7.28. The van der Waals surface area contributed by atoms with Crippen LogP contribution in [0.25, 0.3) is 5.82 Å². The Hall–Kier alpha value is -2.62. The van der Waals surface area contributed by atoms with Crippen LogP contribution < -0.4 is 10.1 Å². The number of guanidine groups is 1. The van der Waals surface area contributed by atoms with Gasteiger partial charge in [-0.2, -0.15) is 0 Å². The van der Waals surface area contributed by atoms with Gasteiger partial charge in [0.2, 0.25) is 0 Å². The van der Waals surface area contributed by atoms with E-state index < -0.39 is 0 Å². The van der Waals surface area contributed by atoms with E-state index in [1.807, 2.05) is 53.4 Å². The number of para-hydroxylation sites is 1. The largest absolute Gasteiger partial charge is 0.490 e. The van der Waals surface area contributed by atoms with Crippen LogP contribution in [0.2, 0.25) is 0 Å². The van der Waals surface area contributed by atoms with Gasteiger partial charge in [0.25, 0.3) is 0 Å². The molecule has 3 heterocycles. The number of likely N-dealkylation sites (tertiary alicyclic amines) is 1. The van der Waals surface area contributed by atoms with Crippen LogP contribution in [0.15, 0.2) is 72.4 Å². The van der Waals surface area contributed by atoms with Crippen LogP contribution in [0.3, 0.4) is 0 Å². The fourth-order valence-electron chi connectivity index (χ4n) is 3.53. The summed E-state index contributed by atoms with van der Waals surface area (Å²) in [6.45, 7) is 5.40. The van der Waals surface area contributed by atoms with Gasteiger partial charge in [0, 0.05) is 51.1 Å². The van der Waals surface area contributed by atoms with E-state index in [9.17, 15) is 0 Å². The topological polar surface area (TPSA) is 67.6 Å². The van der Waals surface area contributed by atoms with E-state index in [0.29, 0.717) is 6.54 Å². The third-order valence-electron chi connectivity index (χ3n) is 5.11. The predicted molar refractivity (Wildman–Crippen MR) is 133 cm³/mol. The van der Waals surface area contributed by atoms with Crippen molar-refractivity contribution in [2.45, 2.75) is 32.4 Å². The number of nitrogens with one attached hydrogen (secondary N) is 1. The van der Waals surface area contributed by atoms with Gasteiger partial charge in [-0.1, -0.05) is 24.3 Å². The van der Waals surface area contributed by atoms with Gasteiger partial charge in [-0.3, -0.25) is 4.57 Å². The first-order chi connectivity index (χ1) is 14.8. The molecule has 4 rings (SSSR count). The number of hydrogen-bond donors (Lipinski definition) is 1. The van der Waals surface area contributed by atoms with E-state index in [1.165, 1.54) is 0 Å². The van der Waals surface area contributed by atoms with Crippen molar-refractivity contribution in [3.8, 4) is 11.6 Å². The number of benzene rings is 1. The van der Waals surface area contributed by atoms with E-state index in [2.05, 4.69) is 33.2 Å². The molecule has 0 atom stereocenters. The number of rotatable bonds is 6. The molecule has 1 aliphatic rings. The van der Waals surface area contributed by atoms with E-state index >= 15 is 0 Å². The van der Waals surface area contributed by atoms with Gasteiger partial charge >= 0.3 is 0 Å². The molecule has 1 aromatic carbocycles. The number of halogens is 1. The van der Waals surface area contributed by atoms with Crippen molar-refractivity contribution in [3.05, 3.63) is 72.9 Å². The minimum Gasteiger partial charge on any atom is -0.490 e. The van der Waals surface area contributed by atoms with Crippen molar-refractivity contribution >= 4 is 29.9 Å². The smallest absolute Gasteiger partial charge is 0.194 e. The molecule has 0 unspecified atom stereocenters. The highest BCUT2D eigenvalue weighted by Gasteiger charge is 2.22. The highest BCUT2D eigenvalue weighted by Crippen LogP contribution is 2.19. The molecule has 8 heteroatoms. The van der Waals surface area contributed by atoms with Crippen molar-refractivity contribution in [3.63, 3.8) is 0 Å². The van der Waals surface area contributed by atoms with Crippen LogP contribution in [0.4, 0.5) is 0 Å². The van der Waals surface area contributed by atoms with E-state index in [4.69, 9.17) is 9.73 Å². The van der Waals surface area contributed by atoms with Gasteiger partial charge in [-0.15, -0.1) is 24.0 Å². The first kappa shape index (κ1) is 23.1. The molecule has 0 bridgehead atoms. The Morgan fingerprint density at radius 3 is 2.61 bits per heavy atom. The Balaban J connectivity index is 0.00000272. The van der Waals surface area contributed by atoms with Crippen LogP contribution in [-0.2, 0) is 6.54 Å². The molecule has 1 N–H and O–H groups in total. The molecule has 1 fully saturated rings. The zero-order valence-corrected chi connectivity index (χ0v) is 20.1. The number of aromatic nitrogens is 3.